The smallest absolute Gasteiger partial charge is 0.0597 e. The monoisotopic (exact) mass is 129 g/mol. The molecular weight excluding hydrogens is 112 g/mol. The molecule has 1 radical (unpaired) electrons. The molecule has 55 valence electrons. The molecule has 0 rings (SSSR count). The molecular formula is C8H17O. The zero-order chi connectivity index (χ0) is 7.28. The van der Waals surface area contributed by atoms with Gasteiger partial charge in [0.2, 0.25) is 0 Å². The fourth-order valence-corrected chi connectivity index (χ4v) is 0.686. The second-order valence-corrected chi connectivity index (χ2v) is 2.74. The van der Waals surface area contributed by atoms with E-state index in [2.05, 4.69) is 6.92 Å². The molecule has 0 aromatic carbocycles. The number of unbranched alkanes of at least 4 members (excludes halogenated alkanes) is 1. The molecule has 0 amide bonds. The lowest BCUT2D eigenvalue weighted by Gasteiger charge is -2.11. The van der Waals surface area contributed by atoms with E-state index in [1.807, 2.05) is 13.8 Å². The molecule has 0 fully saturated rings. The summed E-state index contributed by atoms with van der Waals surface area (Å²) in [4.78, 5) is 0. The third kappa shape index (κ3) is 4.46. The Morgan fingerprint density at radius 1 is 1.44 bits per heavy atom. The quantitative estimate of drug-likeness (QED) is 0.616. The number of aliphatic hydroxyl groups is 1. The van der Waals surface area contributed by atoms with Crippen LogP contribution < -0.4 is 0 Å². The van der Waals surface area contributed by atoms with Crippen LogP contribution in [0.4, 0.5) is 0 Å². The maximum Gasteiger partial charge on any atom is 0.0597 e. The van der Waals surface area contributed by atoms with E-state index >= 15 is 0 Å². The van der Waals surface area contributed by atoms with Crippen LogP contribution in [0.5, 0.6) is 0 Å². The van der Waals surface area contributed by atoms with Crippen molar-refractivity contribution in [3.63, 3.8) is 0 Å². The first-order valence-electron chi connectivity index (χ1n) is 3.66. The van der Waals surface area contributed by atoms with Crippen molar-refractivity contribution in [3.05, 3.63) is 5.92 Å². The van der Waals surface area contributed by atoms with Crippen LogP contribution in [0.2, 0.25) is 0 Å². The van der Waals surface area contributed by atoms with Crippen molar-refractivity contribution < 1.29 is 5.11 Å². The highest BCUT2D eigenvalue weighted by atomic mass is 16.3. The van der Waals surface area contributed by atoms with Gasteiger partial charge in [-0.25, -0.2) is 0 Å². The number of rotatable bonds is 4. The fourth-order valence-electron chi connectivity index (χ4n) is 0.686. The Morgan fingerprint density at radius 2 is 2.00 bits per heavy atom. The number of aliphatic hydroxyl groups excluding tert-OH is 1. The Hall–Kier alpha value is -0.0400. The summed E-state index contributed by atoms with van der Waals surface area (Å²) >= 11 is 0. The van der Waals surface area contributed by atoms with E-state index in [9.17, 15) is 5.11 Å². The van der Waals surface area contributed by atoms with Crippen LogP contribution in [0.1, 0.15) is 40.0 Å². The predicted molar refractivity (Wildman–Crippen MR) is 40.1 cm³/mol. The summed E-state index contributed by atoms with van der Waals surface area (Å²) in [6, 6.07) is 0. The molecule has 0 aromatic rings. The summed E-state index contributed by atoms with van der Waals surface area (Å²) in [6.45, 7) is 6.08. The molecule has 9 heavy (non-hydrogen) atoms. The van der Waals surface area contributed by atoms with Crippen molar-refractivity contribution >= 4 is 0 Å². The minimum absolute atomic E-state index is 0.162. The van der Waals surface area contributed by atoms with E-state index in [0.717, 1.165) is 18.8 Å². The van der Waals surface area contributed by atoms with Gasteiger partial charge in [0, 0.05) is 0 Å². The summed E-state index contributed by atoms with van der Waals surface area (Å²) < 4.78 is 0. The number of hydrogen-bond acceptors (Lipinski definition) is 1. The third-order valence-electron chi connectivity index (χ3n) is 1.50. The molecule has 0 saturated heterocycles. The molecule has 0 aromatic heterocycles. The Labute approximate surface area is 58.1 Å². The van der Waals surface area contributed by atoms with Crippen LogP contribution in [0.3, 0.4) is 0 Å². The summed E-state index contributed by atoms with van der Waals surface area (Å²) in [5.41, 5.74) is 0. The van der Waals surface area contributed by atoms with Crippen molar-refractivity contribution in [1.29, 1.82) is 0 Å². The molecule has 0 aliphatic heterocycles. The first kappa shape index (κ1) is 8.96. The minimum atomic E-state index is -0.162. The number of hydrogen-bond donors (Lipinski definition) is 1. The van der Waals surface area contributed by atoms with Crippen molar-refractivity contribution in [3.8, 4) is 0 Å². The molecule has 1 heteroatoms. The van der Waals surface area contributed by atoms with Crippen LogP contribution in [-0.2, 0) is 0 Å². The summed E-state index contributed by atoms with van der Waals surface area (Å²) in [6.07, 6.45) is 3.07. The standard InChI is InChI=1S/C8H17O/c1-4-5-6-8(9)7(2)3/h8-9H,4-6H2,1-3H3. The second kappa shape index (κ2) is 4.80. The lowest BCUT2D eigenvalue weighted by Crippen LogP contribution is -2.11. The lowest BCUT2D eigenvalue weighted by molar-refractivity contribution is 0.175. The molecule has 1 unspecified atom stereocenters. The highest BCUT2D eigenvalue weighted by Crippen LogP contribution is 2.10. The molecule has 0 spiro atoms. The van der Waals surface area contributed by atoms with Crippen molar-refractivity contribution in [2.75, 3.05) is 0 Å². The summed E-state index contributed by atoms with van der Waals surface area (Å²) in [5, 5.41) is 9.22. The zero-order valence-corrected chi connectivity index (χ0v) is 6.65. The Balaban J connectivity index is 3.16. The van der Waals surface area contributed by atoms with Gasteiger partial charge in [-0.3, -0.25) is 0 Å². The van der Waals surface area contributed by atoms with Crippen LogP contribution in [0, 0.1) is 5.92 Å². The van der Waals surface area contributed by atoms with Gasteiger partial charge in [-0.05, 0) is 12.3 Å². The zero-order valence-electron chi connectivity index (χ0n) is 6.65. The molecule has 0 heterocycles. The van der Waals surface area contributed by atoms with Gasteiger partial charge in [0.25, 0.3) is 0 Å². The molecule has 0 aliphatic carbocycles. The SMILES string of the molecule is CCCCC(O)[C](C)C. The first-order chi connectivity index (χ1) is 4.18. The van der Waals surface area contributed by atoms with E-state index in [1.165, 1.54) is 6.42 Å². The molecule has 1 nitrogen and oxygen atoms in total. The van der Waals surface area contributed by atoms with Gasteiger partial charge >= 0.3 is 0 Å². The summed E-state index contributed by atoms with van der Waals surface area (Å²) in [7, 11) is 0. The van der Waals surface area contributed by atoms with Crippen LogP contribution in [0.15, 0.2) is 0 Å². The van der Waals surface area contributed by atoms with Gasteiger partial charge < -0.3 is 5.11 Å². The molecule has 0 aliphatic rings. The van der Waals surface area contributed by atoms with E-state index in [4.69, 9.17) is 0 Å². The Morgan fingerprint density at radius 3 is 2.33 bits per heavy atom. The molecule has 0 saturated carbocycles. The summed E-state index contributed by atoms with van der Waals surface area (Å²) in [5.74, 6) is 1.13. The Bertz CT molecular complexity index is 59.6. The van der Waals surface area contributed by atoms with Gasteiger partial charge in [0.1, 0.15) is 0 Å². The third-order valence-corrected chi connectivity index (χ3v) is 1.50. The van der Waals surface area contributed by atoms with Gasteiger partial charge in [0.15, 0.2) is 0 Å². The largest absolute Gasteiger partial charge is 0.393 e. The van der Waals surface area contributed by atoms with Crippen molar-refractivity contribution in [1.82, 2.24) is 0 Å². The van der Waals surface area contributed by atoms with Gasteiger partial charge in [-0.2, -0.15) is 0 Å². The average molecular weight is 129 g/mol. The maximum absolute atomic E-state index is 9.22. The highest BCUT2D eigenvalue weighted by molar-refractivity contribution is 4.86. The average Bonchev–Trinajstić information content (AvgIpc) is 1.82. The van der Waals surface area contributed by atoms with Gasteiger partial charge in [-0.1, -0.05) is 33.6 Å². The minimum Gasteiger partial charge on any atom is -0.393 e. The fraction of sp³-hybridized carbons (Fsp3) is 0.875. The molecule has 1 N–H and O–H groups in total. The van der Waals surface area contributed by atoms with E-state index in [-0.39, 0.29) is 6.10 Å². The van der Waals surface area contributed by atoms with Crippen LogP contribution in [-0.4, -0.2) is 11.2 Å². The van der Waals surface area contributed by atoms with E-state index < -0.39 is 0 Å². The second-order valence-electron chi connectivity index (χ2n) is 2.74. The Kier molecular flexibility index (Phi) is 4.78. The van der Waals surface area contributed by atoms with Crippen LogP contribution >= 0.6 is 0 Å². The van der Waals surface area contributed by atoms with Crippen LogP contribution in [0.25, 0.3) is 0 Å². The highest BCUT2D eigenvalue weighted by Gasteiger charge is 2.07. The lowest BCUT2D eigenvalue weighted by atomic mass is 10.0. The topological polar surface area (TPSA) is 20.2 Å². The van der Waals surface area contributed by atoms with Crippen molar-refractivity contribution in [2.24, 2.45) is 0 Å². The predicted octanol–water partition coefficient (Wildman–Crippen LogP) is 2.15. The normalized spacial score (nSPS) is 14.3. The molecule has 0 bridgehead atoms. The van der Waals surface area contributed by atoms with Gasteiger partial charge in [-0.15, -0.1) is 0 Å². The van der Waals surface area contributed by atoms with Crippen molar-refractivity contribution in [2.45, 2.75) is 46.1 Å². The first-order valence-corrected chi connectivity index (χ1v) is 3.66. The maximum atomic E-state index is 9.22. The van der Waals surface area contributed by atoms with E-state index in [0.29, 0.717) is 0 Å². The molecule has 1 atom stereocenters. The van der Waals surface area contributed by atoms with E-state index in [1.54, 1.807) is 0 Å². The van der Waals surface area contributed by atoms with Gasteiger partial charge in [0.05, 0.1) is 6.10 Å².